The Hall–Kier alpha value is -1.59. The zero-order chi connectivity index (χ0) is 13.9. The van der Waals surface area contributed by atoms with E-state index in [1.54, 1.807) is 7.11 Å². The Balaban J connectivity index is 2.22. The Kier molecular flexibility index (Phi) is 7.62. The van der Waals surface area contributed by atoms with Crippen molar-refractivity contribution < 1.29 is 14.3 Å². The summed E-state index contributed by atoms with van der Waals surface area (Å²) < 4.78 is 10.3. The molecule has 0 spiro atoms. The predicted molar refractivity (Wildman–Crippen MR) is 74.2 cm³/mol. The minimum absolute atomic E-state index is 0.0400. The fourth-order valence-electron chi connectivity index (χ4n) is 1.55. The largest absolute Gasteiger partial charge is 0.484 e. The Morgan fingerprint density at radius 3 is 2.63 bits per heavy atom. The summed E-state index contributed by atoms with van der Waals surface area (Å²) in [6, 6.07) is 7.68. The standard InChI is InChI=1S/C14H22N2O3/c1-15-10-12-4-6-13(7-5-12)19-11-14(17)16-8-3-9-18-2/h4-7,15H,3,8-11H2,1-2H3,(H,16,17). The number of benzene rings is 1. The van der Waals surface area contributed by atoms with Gasteiger partial charge in [-0.1, -0.05) is 12.1 Å². The summed E-state index contributed by atoms with van der Waals surface area (Å²) in [5.74, 6) is 0.585. The molecular weight excluding hydrogens is 244 g/mol. The number of hydrogen-bond donors (Lipinski definition) is 2. The zero-order valence-electron chi connectivity index (χ0n) is 11.6. The van der Waals surface area contributed by atoms with Gasteiger partial charge >= 0.3 is 0 Å². The quantitative estimate of drug-likeness (QED) is 0.653. The fraction of sp³-hybridized carbons (Fsp3) is 0.500. The summed E-state index contributed by atoms with van der Waals surface area (Å²) in [7, 11) is 3.54. The van der Waals surface area contributed by atoms with E-state index in [0.717, 1.165) is 13.0 Å². The van der Waals surface area contributed by atoms with Gasteiger partial charge in [-0.05, 0) is 31.2 Å². The highest BCUT2D eigenvalue weighted by Crippen LogP contribution is 2.11. The lowest BCUT2D eigenvalue weighted by molar-refractivity contribution is -0.123. The van der Waals surface area contributed by atoms with E-state index >= 15 is 0 Å². The summed E-state index contributed by atoms with van der Waals surface area (Å²) in [5, 5.41) is 5.84. The van der Waals surface area contributed by atoms with Crippen molar-refractivity contribution in [3.8, 4) is 5.75 Å². The summed E-state index contributed by atoms with van der Waals surface area (Å²) in [5.41, 5.74) is 1.18. The summed E-state index contributed by atoms with van der Waals surface area (Å²) in [6.45, 7) is 2.11. The Bertz CT molecular complexity index is 365. The average molecular weight is 266 g/mol. The van der Waals surface area contributed by atoms with Gasteiger partial charge in [0.25, 0.3) is 5.91 Å². The summed E-state index contributed by atoms with van der Waals surface area (Å²) >= 11 is 0. The first-order valence-corrected chi connectivity index (χ1v) is 6.38. The van der Waals surface area contributed by atoms with Crippen molar-refractivity contribution in [3.63, 3.8) is 0 Å². The van der Waals surface area contributed by atoms with E-state index in [2.05, 4.69) is 10.6 Å². The molecule has 0 radical (unpaired) electrons. The SMILES string of the molecule is CNCc1ccc(OCC(=O)NCCCOC)cc1. The van der Waals surface area contributed by atoms with Crippen molar-refractivity contribution in [2.45, 2.75) is 13.0 Å². The Morgan fingerprint density at radius 2 is 2.00 bits per heavy atom. The highest BCUT2D eigenvalue weighted by molar-refractivity contribution is 5.77. The first kappa shape index (κ1) is 15.5. The number of ether oxygens (including phenoxy) is 2. The smallest absolute Gasteiger partial charge is 0.257 e. The van der Waals surface area contributed by atoms with Crippen molar-refractivity contribution in [1.29, 1.82) is 0 Å². The Morgan fingerprint density at radius 1 is 1.26 bits per heavy atom. The van der Waals surface area contributed by atoms with E-state index in [1.807, 2.05) is 31.3 Å². The number of methoxy groups -OCH3 is 1. The molecule has 1 rings (SSSR count). The van der Waals surface area contributed by atoms with Gasteiger partial charge in [0.1, 0.15) is 5.75 Å². The molecule has 0 aromatic heterocycles. The molecule has 0 aliphatic carbocycles. The second kappa shape index (κ2) is 9.35. The maximum atomic E-state index is 11.5. The van der Waals surface area contributed by atoms with Gasteiger partial charge in [-0.15, -0.1) is 0 Å². The van der Waals surface area contributed by atoms with E-state index in [1.165, 1.54) is 5.56 Å². The van der Waals surface area contributed by atoms with Crippen molar-refractivity contribution in [2.75, 3.05) is 33.9 Å². The van der Waals surface area contributed by atoms with Crippen LogP contribution < -0.4 is 15.4 Å². The van der Waals surface area contributed by atoms with Crippen LogP contribution in [0.1, 0.15) is 12.0 Å². The lowest BCUT2D eigenvalue weighted by Gasteiger charge is -2.08. The lowest BCUT2D eigenvalue weighted by Crippen LogP contribution is -2.30. The van der Waals surface area contributed by atoms with Gasteiger partial charge in [0.05, 0.1) is 0 Å². The van der Waals surface area contributed by atoms with Gasteiger partial charge in [0.2, 0.25) is 0 Å². The molecule has 0 heterocycles. The number of carbonyl (C=O) groups is 1. The molecule has 19 heavy (non-hydrogen) atoms. The maximum Gasteiger partial charge on any atom is 0.257 e. The van der Waals surface area contributed by atoms with E-state index < -0.39 is 0 Å². The van der Waals surface area contributed by atoms with Crippen LogP contribution in [0.3, 0.4) is 0 Å². The normalized spacial score (nSPS) is 10.2. The van der Waals surface area contributed by atoms with Crippen LogP contribution in [-0.2, 0) is 16.1 Å². The minimum atomic E-state index is -0.115. The topological polar surface area (TPSA) is 59.6 Å². The molecule has 106 valence electrons. The Labute approximate surface area is 114 Å². The molecule has 0 atom stereocenters. The lowest BCUT2D eigenvalue weighted by atomic mass is 10.2. The van der Waals surface area contributed by atoms with Crippen molar-refractivity contribution in [3.05, 3.63) is 29.8 Å². The van der Waals surface area contributed by atoms with Gasteiger partial charge in [-0.25, -0.2) is 0 Å². The third-order valence-electron chi connectivity index (χ3n) is 2.52. The predicted octanol–water partition coefficient (Wildman–Crippen LogP) is 0.937. The zero-order valence-corrected chi connectivity index (χ0v) is 11.6. The molecule has 0 unspecified atom stereocenters. The highest BCUT2D eigenvalue weighted by Gasteiger charge is 2.02. The van der Waals surface area contributed by atoms with Crippen molar-refractivity contribution in [2.24, 2.45) is 0 Å². The molecule has 0 aliphatic heterocycles. The first-order valence-electron chi connectivity index (χ1n) is 6.38. The molecule has 1 amide bonds. The number of carbonyl (C=O) groups excluding carboxylic acids is 1. The van der Waals surface area contributed by atoms with Crippen LogP contribution in [0.25, 0.3) is 0 Å². The molecule has 0 bridgehead atoms. The van der Waals surface area contributed by atoms with Crippen LogP contribution in [0.4, 0.5) is 0 Å². The third-order valence-corrected chi connectivity index (χ3v) is 2.52. The molecule has 0 saturated carbocycles. The average Bonchev–Trinajstić information content (AvgIpc) is 2.43. The van der Waals surface area contributed by atoms with Crippen LogP contribution in [0, 0.1) is 0 Å². The molecule has 2 N–H and O–H groups in total. The van der Waals surface area contributed by atoms with Crippen molar-refractivity contribution >= 4 is 5.91 Å². The molecule has 5 nitrogen and oxygen atoms in total. The van der Waals surface area contributed by atoms with Crippen LogP contribution in [0.2, 0.25) is 0 Å². The molecular formula is C14H22N2O3. The second-order valence-corrected chi connectivity index (χ2v) is 4.16. The van der Waals surface area contributed by atoms with E-state index in [-0.39, 0.29) is 12.5 Å². The van der Waals surface area contributed by atoms with Crippen LogP contribution >= 0.6 is 0 Å². The van der Waals surface area contributed by atoms with Gasteiger partial charge in [0.15, 0.2) is 6.61 Å². The van der Waals surface area contributed by atoms with E-state index in [9.17, 15) is 4.79 Å². The monoisotopic (exact) mass is 266 g/mol. The minimum Gasteiger partial charge on any atom is -0.484 e. The summed E-state index contributed by atoms with van der Waals surface area (Å²) in [6.07, 6.45) is 0.807. The molecule has 0 saturated heterocycles. The fourth-order valence-corrected chi connectivity index (χ4v) is 1.55. The third kappa shape index (κ3) is 6.79. The molecule has 1 aromatic carbocycles. The molecule has 5 heteroatoms. The van der Waals surface area contributed by atoms with Crippen LogP contribution in [-0.4, -0.2) is 39.8 Å². The highest BCUT2D eigenvalue weighted by atomic mass is 16.5. The number of amides is 1. The summed E-state index contributed by atoms with van der Waals surface area (Å²) in [4.78, 5) is 11.5. The number of rotatable bonds is 9. The molecule has 0 aliphatic rings. The van der Waals surface area contributed by atoms with E-state index in [4.69, 9.17) is 9.47 Å². The van der Waals surface area contributed by atoms with Gasteiger partial charge in [0, 0.05) is 26.8 Å². The van der Waals surface area contributed by atoms with Gasteiger partial charge in [-0.2, -0.15) is 0 Å². The second-order valence-electron chi connectivity index (χ2n) is 4.16. The maximum absolute atomic E-state index is 11.5. The molecule has 1 aromatic rings. The number of hydrogen-bond acceptors (Lipinski definition) is 4. The van der Waals surface area contributed by atoms with Crippen molar-refractivity contribution in [1.82, 2.24) is 10.6 Å². The molecule has 0 fully saturated rings. The first-order chi connectivity index (χ1) is 9.26. The van der Waals surface area contributed by atoms with Crippen LogP contribution in [0.5, 0.6) is 5.75 Å². The van der Waals surface area contributed by atoms with Crippen LogP contribution in [0.15, 0.2) is 24.3 Å². The van der Waals surface area contributed by atoms with Gasteiger partial charge < -0.3 is 20.1 Å². The number of nitrogens with one attached hydrogen (secondary N) is 2. The van der Waals surface area contributed by atoms with Gasteiger partial charge in [-0.3, -0.25) is 4.79 Å². The van der Waals surface area contributed by atoms with E-state index in [0.29, 0.717) is 18.9 Å².